The van der Waals surface area contributed by atoms with Gasteiger partial charge >= 0.3 is 0 Å². The van der Waals surface area contributed by atoms with Gasteiger partial charge in [0.15, 0.2) is 0 Å². The van der Waals surface area contributed by atoms with E-state index in [-0.39, 0.29) is 32.0 Å². The van der Waals surface area contributed by atoms with Gasteiger partial charge in [0.25, 0.3) is 0 Å². The second-order valence-electron chi connectivity index (χ2n) is 17.6. The number of rotatable bonds is 1. The van der Waals surface area contributed by atoms with Gasteiger partial charge in [-0.1, -0.05) is 123 Å². The third kappa shape index (κ3) is 7.13. The first kappa shape index (κ1) is 37.9. The number of fused-ring (bicyclic) bond motifs is 3. The molecule has 0 radical (unpaired) electrons. The molecule has 10 aromatic rings. The molecule has 7 aliphatic rings. The molecule has 8 aromatic carbocycles. The summed E-state index contributed by atoms with van der Waals surface area (Å²) in [7, 11) is 0. The quantitative estimate of drug-likeness (QED) is 0.153. The van der Waals surface area contributed by atoms with E-state index in [1.165, 1.54) is 5.56 Å². The second kappa shape index (κ2) is 16.2. The van der Waals surface area contributed by atoms with Gasteiger partial charge in [-0.2, -0.15) is 12.1 Å². The number of aromatic nitrogens is 2. The van der Waals surface area contributed by atoms with E-state index < -0.39 is 6.85 Å². The van der Waals surface area contributed by atoms with Crippen LogP contribution in [0.25, 0.3) is 61.0 Å². The molecule has 0 aliphatic carbocycles. The van der Waals surface area contributed by atoms with Crippen molar-refractivity contribution in [1.29, 1.82) is 0 Å². The maximum Gasteiger partial charge on any atom is 0.135 e. The molecule has 7 aliphatic heterocycles. The van der Waals surface area contributed by atoms with Gasteiger partial charge < -0.3 is 23.8 Å². The predicted octanol–water partition coefficient (Wildman–Crippen LogP) is 15.7. The smallest absolute Gasteiger partial charge is 0.135 e. The number of aryl methyl sites for hydroxylation is 1. The van der Waals surface area contributed by atoms with Crippen LogP contribution in [0.1, 0.15) is 36.0 Å². The molecule has 0 amide bonds. The van der Waals surface area contributed by atoms with Gasteiger partial charge in [0.05, 0.1) is 0 Å². The SMILES string of the molecule is [2H]C([2H])([2H])c1cc2ncc1-c1ccc(cc1)Oc1ccc(cc1)-c1cccc(-c3ccccc3)c1N1[CH-]N(c3[c-]c(ccc3)Oc3[c-]c4c(cc3)c3cc(C(C)(C)C)ccc3n4-2)c2ccccc21.[Pt]. The third-order valence-corrected chi connectivity index (χ3v) is 12.4. The average molecular weight is 1040 g/mol. The summed E-state index contributed by atoms with van der Waals surface area (Å²) >= 11 is 0. The standard InChI is InChI=1S/C59H43N4O2.Pt/c1-38-32-57-60-36-52(38)41-22-27-45(28-23-41)64-44-25-20-40(21-26-44)49-17-11-16-48(39-12-6-5-7-13-39)58(49)62-37-61(54-18-8-9-19-55(54)62)43-14-10-15-46(34-43)65-47-29-30-50-51-33-42(59(2,3)4)24-31-53(51)63(57)56(50)35-47;/h5-33,36-37H,1-4H3;/q-3;/i1D3;. The minimum absolute atomic E-state index is 0. The molecule has 0 unspecified atom stereocenters. The third-order valence-electron chi connectivity index (χ3n) is 12.4. The fraction of sp³-hybridized carbons (Fsp3) is 0.0847. The molecule has 66 heavy (non-hydrogen) atoms. The number of hydrogen-bond acceptors (Lipinski definition) is 5. The Kier molecular flexibility index (Phi) is 9.33. The van der Waals surface area contributed by atoms with Crippen molar-refractivity contribution in [3.63, 3.8) is 0 Å². The van der Waals surface area contributed by atoms with E-state index in [4.69, 9.17) is 18.6 Å². The Balaban J connectivity index is 0.00000520. The van der Waals surface area contributed by atoms with Crippen molar-refractivity contribution in [2.24, 2.45) is 0 Å². The summed E-state index contributed by atoms with van der Waals surface area (Å²) in [5, 5.41) is 1.94. The van der Waals surface area contributed by atoms with Crippen LogP contribution in [0, 0.1) is 25.7 Å². The van der Waals surface area contributed by atoms with E-state index in [1.807, 2.05) is 77.4 Å². The molecule has 0 fully saturated rings. The van der Waals surface area contributed by atoms with E-state index in [0.29, 0.717) is 45.5 Å². The van der Waals surface area contributed by atoms with E-state index in [9.17, 15) is 0 Å². The molecule has 6 nitrogen and oxygen atoms in total. The largest absolute Gasteiger partial charge is 0.509 e. The molecule has 0 N–H and O–H groups in total. The fourth-order valence-electron chi connectivity index (χ4n) is 9.15. The first-order valence-corrected chi connectivity index (χ1v) is 21.8. The first-order valence-electron chi connectivity index (χ1n) is 23.3. The van der Waals surface area contributed by atoms with Crippen LogP contribution in [0.5, 0.6) is 23.0 Å². The molecule has 17 rings (SSSR count). The van der Waals surface area contributed by atoms with Gasteiger partial charge in [0.2, 0.25) is 0 Å². The number of ether oxygens (including phenoxy) is 2. The Hall–Kier alpha value is -7.40. The molecule has 2 aromatic heterocycles. The first-order chi connectivity index (χ1) is 32.9. The van der Waals surface area contributed by atoms with Crippen LogP contribution < -0.4 is 19.3 Å². The van der Waals surface area contributed by atoms with Gasteiger partial charge in [-0.05, 0) is 94.0 Å². The molecule has 0 atom stereocenters. The second-order valence-corrected chi connectivity index (χ2v) is 17.6. The Morgan fingerprint density at radius 1 is 0.576 bits per heavy atom. The normalized spacial score (nSPS) is 13.7. The molecular weight excluding hydrogens is 992 g/mol. The van der Waals surface area contributed by atoms with Crippen molar-refractivity contribution in [2.75, 3.05) is 9.80 Å². The van der Waals surface area contributed by atoms with Gasteiger partial charge in [0, 0.05) is 82.1 Å². The molecule has 9 heterocycles. The van der Waals surface area contributed by atoms with Crippen molar-refractivity contribution in [3.8, 4) is 62.2 Å². The summed E-state index contributed by atoms with van der Waals surface area (Å²) in [6, 6.07) is 66.1. The topological polar surface area (TPSA) is 42.8 Å². The molecule has 12 bridgehead atoms. The Morgan fingerprint density at radius 3 is 1.94 bits per heavy atom. The van der Waals surface area contributed by atoms with Crippen LogP contribution in [0.2, 0.25) is 0 Å². The van der Waals surface area contributed by atoms with Crippen molar-refractivity contribution in [2.45, 2.75) is 33.0 Å². The zero-order chi connectivity index (χ0) is 46.3. The van der Waals surface area contributed by atoms with Gasteiger partial charge in [-0.25, -0.2) is 4.98 Å². The monoisotopic (exact) mass is 1040 g/mol. The number of anilines is 4. The van der Waals surface area contributed by atoms with Crippen molar-refractivity contribution >= 4 is 44.6 Å². The minimum atomic E-state index is -2.45. The molecule has 0 spiro atoms. The number of pyridine rings is 1. The Labute approximate surface area is 403 Å². The van der Waals surface area contributed by atoms with E-state index in [1.54, 1.807) is 12.3 Å². The van der Waals surface area contributed by atoms with E-state index >= 15 is 0 Å². The number of benzene rings is 8. The molecule has 7 heteroatoms. The maximum absolute atomic E-state index is 8.75. The van der Waals surface area contributed by atoms with Crippen LogP contribution >= 0.6 is 0 Å². The van der Waals surface area contributed by atoms with Gasteiger partial charge in [-0.3, -0.25) is 0 Å². The van der Waals surface area contributed by atoms with E-state index in [2.05, 4.69) is 146 Å². The van der Waals surface area contributed by atoms with Gasteiger partial charge in [-0.15, -0.1) is 48.1 Å². The summed E-state index contributed by atoms with van der Waals surface area (Å²) in [6.45, 7) is 6.27. The number of nitrogens with zero attached hydrogens (tertiary/aromatic N) is 4. The molecule has 0 saturated carbocycles. The number of hydrogen-bond donors (Lipinski definition) is 0. The van der Waals surface area contributed by atoms with E-state index in [0.717, 1.165) is 61.3 Å². The molecule has 324 valence electrons. The Bertz CT molecular complexity index is 3580. The Morgan fingerprint density at radius 2 is 1.23 bits per heavy atom. The summed E-state index contributed by atoms with van der Waals surface area (Å²) in [6.07, 6.45) is 1.66. The van der Waals surface area contributed by atoms with Crippen LogP contribution in [-0.4, -0.2) is 9.55 Å². The predicted molar refractivity (Wildman–Crippen MR) is 264 cm³/mol. The molecular formula is C59H43N4O2Pt-3. The van der Waals surface area contributed by atoms with Crippen molar-refractivity contribution in [3.05, 3.63) is 212 Å². The zero-order valence-corrected chi connectivity index (χ0v) is 38.6. The summed E-state index contributed by atoms with van der Waals surface area (Å²) in [5.41, 5.74) is 12.1. The summed E-state index contributed by atoms with van der Waals surface area (Å²) < 4.78 is 41.3. The van der Waals surface area contributed by atoms with Crippen LogP contribution in [-0.2, 0) is 26.5 Å². The minimum Gasteiger partial charge on any atom is -0.509 e. The number of para-hydroxylation sites is 3. The fourth-order valence-corrected chi connectivity index (χ4v) is 9.15. The average Bonchev–Trinajstić information content (AvgIpc) is 3.89. The van der Waals surface area contributed by atoms with Gasteiger partial charge in [0.1, 0.15) is 17.3 Å². The van der Waals surface area contributed by atoms with Crippen LogP contribution in [0.3, 0.4) is 0 Å². The summed E-state index contributed by atoms with van der Waals surface area (Å²) in [5.74, 6) is 2.72. The maximum atomic E-state index is 8.75. The van der Waals surface area contributed by atoms with Crippen molar-refractivity contribution in [1.82, 2.24) is 9.55 Å². The molecule has 0 saturated heterocycles. The van der Waals surface area contributed by atoms with Crippen molar-refractivity contribution < 1.29 is 34.7 Å². The zero-order valence-electron chi connectivity index (χ0n) is 39.3. The van der Waals surface area contributed by atoms with Crippen LogP contribution in [0.4, 0.5) is 22.7 Å². The van der Waals surface area contributed by atoms with Crippen LogP contribution in [0.15, 0.2) is 182 Å². The summed E-state index contributed by atoms with van der Waals surface area (Å²) in [4.78, 5) is 9.40.